The maximum atomic E-state index is 12.5. The summed E-state index contributed by atoms with van der Waals surface area (Å²) in [5.41, 5.74) is 0.298. The summed E-state index contributed by atoms with van der Waals surface area (Å²) in [7, 11) is 0. The van der Waals surface area contributed by atoms with Crippen LogP contribution in [0.3, 0.4) is 0 Å². The Hall–Kier alpha value is -3.35. The van der Waals surface area contributed by atoms with Crippen LogP contribution in [0.1, 0.15) is 24.4 Å². The lowest BCUT2D eigenvalue weighted by atomic mass is 10.0. The molecule has 0 unspecified atom stereocenters. The Kier molecular flexibility index (Phi) is 4.50. The number of aryl methyl sites for hydroxylation is 1. The van der Waals surface area contributed by atoms with E-state index in [4.69, 9.17) is 4.74 Å². The van der Waals surface area contributed by atoms with Gasteiger partial charge in [-0.15, -0.1) is 0 Å². The molecule has 0 aliphatic carbocycles. The van der Waals surface area contributed by atoms with E-state index in [2.05, 4.69) is 10.4 Å². The smallest absolute Gasteiger partial charge is 0.273 e. The summed E-state index contributed by atoms with van der Waals surface area (Å²) in [4.78, 5) is 37.0. The summed E-state index contributed by atoms with van der Waals surface area (Å²) in [5, 5.41) is 6.23. The minimum Gasteiger partial charge on any atom is -0.493 e. The van der Waals surface area contributed by atoms with Crippen molar-refractivity contribution in [1.82, 2.24) is 15.1 Å². The van der Waals surface area contributed by atoms with Crippen molar-refractivity contribution in [2.75, 3.05) is 6.61 Å². The Morgan fingerprint density at radius 2 is 1.85 bits per heavy atom. The molecule has 0 saturated heterocycles. The van der Waals surface area contributed by atoms with Crippen molar-refractivity contribution in [2.45, 2.75) is 25.4 Å². The third-order valence-corrected chi connectivity index (χ3v) is 4.74. The van der Waals surface area contributed by atoms with Gasteiger partial charge in [-0.05, 0) is 18.2 Å². The number of carbonyl (C=O) groups is 1. The summed E-state index contributed by atoms with van der Waals surface area (Å²) in [6, 6.07) is 14.1. The minimum absolute atomic E-state index is 0.0910. The van der Waals surface area contributed by atoms with Gasteiger partial charge in [0, 0.05) is 18.4 Å². The largest absolute Gasteiger partial charge is 0.493 e. The molecule has 1 amide bonds. The van der Waals surface area contributed by atoms with Crippen LogP contribution in [0.15, 0.2) is 58.1 Å². The number of carbonyl (C=O) groups excluding carboxylic acids is 1. The van der Waals surface area contributed by atoms with Gasteiger partial charge in [-0.1, -0.05) is 30.3 Å². The van der Waals surface area contributed by atoms with Crippen molar-refractivity contribution < 1.29 is 9.53 Å². The van der Waals surface area contributed by atoms with Gasteiger partial charge >= 0.3 is 0 Å². The summed E-state index contributed by atoms with van der Waals surface area (Å²) in [5.74, 6) is 0.599. The van der Waals surface area contributed by atoms with Crippen LogP contribution in [0, 0.1) is 0 Å². The van der Waals surface area contributed by atoms with E-state index >= 15 is 0 Å². The molecule has 4 rings (SSSR count). The number of hydrogen-bond donors (Lipinski definition) is 2. The Morgan fingerprint density at radius 3 is 2.70 bits per heavy atom. The average Bonchev–Trinajstić information content (AvgIpc) is 2.70. The highest BCUT2D eigenvalue weighted by molar-refractivity contribution is 5.80. The van der Waals surface area contributed by atoms with Crippen molar-refractivity contribution in [3.05, 3.63) is 74.8 Å². The summed E-state index contributed by atoms with van der Waals surface area (Å²) < 4.78 is 6.79. The number of benzene rings is 2. The first-order valence-corrected chi connectivity index (χ1v) is 8.86. The van der Waals surface area contributed by atoms with E-state index in [-0.39, 0.29) is 36.0 Å². The number of nitrogens with one attached hydrogen (secondary N) is 2. The number of fused-ring (bicyclic) bond motifs is 2. The summed E-state index contributed by atoms with van der Waals surface area (Å²) in [6.07, 6.45) is 0.781. The van der Waals surface area contributed by atoms with Gasteiger partial charge in [0.05, 0.1) is 30.0 Å². The highest BCUT2D eigenvalue weighted by Gasteiger charge is 2.22. The third kappa shape index (κ3) is 3.36. The summed E-state index contributed by atoms with van der Waals surface area (Å²) in [6.45, 7) is 0.648. The molecular weight excluding hydrogens is 346 g/mol. The van der Waals surface area contributed by atoms with Crippen molar-refractivity contribution in [3.63, 3.8) is 0 Å². The van der Waals surface area contributed by atoms with Crippen LogP contribution in [0.25, 0.3) is 10.8 Å². The molecule has 1 aliphatic heterocycles. The number of nitrogens with zero attached hydrogens (tertiary/aromatic N) is 1. The molecule has 3 aromatic rings. The first-order valence-electron chi connectivity index (χ1n) is 8.86. The molecule has 2 heterocycles. The van der Waals surface area contributed by atoms with Gasteiger partial charge in [-0.25, -0.2) is 4.68 Å². The number of aromatic nitrogens is 2. The van der Waals surface area contributed by atoms with Crippen LogP contribution in [0.2, 0.25) is 0 Å². The molecule has 0 saturated carbocycles. The molecule has 7 nitrogen and oxygen atoms in total. The molecule has 27 heavy (non-hydrogen) atoms. The van der Waals surface area contributed by atoms with Gasteiger partial charge < -0.3 is 10.1 Å². The second-order valence-electron chi connectivity index (χ2n) is 6.49. The van der Waals surface area contributed by atoms with Crippen LogP contribution in [0.5, 0.6) is 5.75 Å². The number of amides is 1. The van der Waals surface area contributed by atoms with Crippen molar-refractivity contribution in [2.24, 2.45) is 0 Å². The van der Waals surface area contributed by atoms with Crippen LogP contribution < -0.4 is 21.2 Å². The minimum atomic E-state index is -0.344. The number of hydrogen-bond acceptors (Lipinski definition) is 4. The molecule has 1 atom stereocenters. The fourth-order valence-corrected chi connectivity index (χ4v) is 3.38. The standard InChI is InChI=1S/C20H19N3O4/c24-18(21-16-10-12-27-17-8-4-3-7-15(16)17)9-11-23-20(26)14-6-2-1-5-13(14)19(25)22-23/h1-8,16H,9-12H2,(H,21,24)(H,22,25)/t16-/m0/s1. The predicted octanol–water partition coefficient (Wildman–Crippen LogP) is 1.72. The van der Waals surface area contributed by atoms with Crippen molar-refractivity contribution in [3.8, 4) is 5.75 Å². The highest BCUT2D eigenvalue weighted by atomic mass is 16.5. The van der Waals surface area contributed by atoms with E-state index in [1.165, 1.54) is 4.68 Å². The van der Waals surface area contributed by atoms with E-state index < -0.39 is 0 Å². The van der Waals surface area contributed by atoms with Gasteiger partial charge in [0.1, 0.15) is 5.75 Å². The maximum Gasteiger partial charge on any atom is 0.273 e. The average molecular weight is 365 g/mol. The first-order chi connectivity index (χ1) is 13.1. The highest BCUT2D eigenvalue weighted by Crippen LogP contribution is 2.31. The zero-order valence-electron chi connectivity index (χ0n) is 14.6. The zero-order chi connectivity index (χ0) is 18.8. The third-order valence-electron chi connectivity index (χ3n) is 4.74. The molecule has 2 N–H and O–H groups in total. The lowest BCUT2D eigenvalue weighted by Gasteiger charge is -2.26. The monoisotopic (exact) mass is 365 g/mol. The van der Waals surface area contributed by atoms with Crippen molar-refractivity contribution >= 4 is 16.7 Å². The molecule has 7 heteroatoms. The molecule has 0 radical (unpaired) electrons. The molecule has 0 fully saturated rings. The molecule has 2 aromatic carbocycles. The molecule has 1 aliphatic rings. The van der Waals surface area contributed by atoms with Gasteiger partial charge in [0.25, 0.3) is 11.1 Å². The van der Waals surface area contributed by atoms with E-state index in [1.807, 2.05) is 24.3 Å². The van der Waals surface area contributed by atoms with Gasteiger partial charge in [-0.3, -0.25) is 19.5 Å². The van der Waals surface area contributed by atoms with E-state index in [0.717, 1.165) is 11.3 Å². The Bertz CT molecular complexity index is 1120. The van der Waals surface area contributed by atoms with Crippen LogP contribution >= 0.6 is 0 Å². The second kappa shape index (κ2) is 7.11. The van der Waals surface area contributed by atoms with Crippen LogP contribution in [0.4, 0.5) is 0 Å². The van der Waals surface area contributed by atoms with Crippen LogP contribution in [-0.4, -0.2) is 22.3 Å². The van der Waals surface area contributed by atoms with Crippen LogP contribution in [-0.2, 0) is 11.3 Å². The number of ether oxygens (including phenoxy) is 1. The predicted molar refractivity (Wildman–Crippen MR) is 101 cm³/mol. The van der Waals surface area contributed by atoms with Gasteiger partial charge in [0.15, 0.2) is 0 Å². The van der Waals surface area contributed by atoms with Crippen molar-refractivity contribution in [1.29, 1.82) is 0 Å². The second-order valence-corrected chi connectivity index (χ2v) is 6.49. The Balaban J connectivity index is 1.48. The topological polar surface area (TPSA) is 93.2 Å². The van der Waals surface area contributed by atoms with Gasteiger partial charge in [0.2, 0.25) is 5.91 Å². The SMILES string of the molecule is O=C(CCn1[nH]c(=O)c2ccccc2c1=O)N[C@H]1CCOc2ccccc21. The molecule has 138 valence electrons. The number of aromatic amines is 1. The Morgan fingerprint density at radius 1 is 1.11 bits per heavy atom. The number of rotatable bonds is 4. The normalized spacial score (nSPS) is 15.8. The summed E-state index contributed by atoms with van der Waals surface area (Å²) >= 11 is 0. The number of para-hydroxylation sites is 1. The van der Waals surface area contributed by atoms with Gasteiger partial charge in [-0.2, -0.15) is 0 Å². The fraction of sp³-hybridized carbons (Fsp3) is 0.250. The van der Waals surface area contributed by atoms with E-state index in [1.54, 1.807) is 24.3 Å². The fourth-order valence-electron chi connectivity index (χ4n) is 3.38. The number of H-pyrrole nitrogens is 1. The quantitative estimate of drug-likeness (QED) is 0.736. The lowest BCUT2D eigenvalue weighted by molar-refractivity contribution is -0.122. The lowest BCUT2D eigenvalue weighted by Crippen LogP contribution is -2.35. The zero-order valence-corrected chi connectivity index (χ0v) is 14.6. The first kappa shape index (κ1) is 17.1. The molecule has 1 aromatic heterocycles. The van der Waals surface area contributed by atoms with E-state index in [0.29, 0.717) is 23.8 Å². The van der Waals surface area contributed by atoms with E-state index in [9.17, 15) is 14.4 Å². The molecular formula is C20H19N3O4. The molecule has 0 bridgehead atoms. The maximum absolute atomic E-state index is 12.5. The Labute approximate surface area is 154 Å². The molecule has 0 spiro atoms.